The van der Waals surface area contributed by atoms with Crippen molar-refractivity contribution in [3.63, 3.8) is 0 Å². The molecule has 0 saturated heterocycles. The molecule has 114 valence electrons. The van der Waals surface area contributed by atoms with E-state index < -0.39 is 0 Å². The van der Waals surface area contributed by atoms with Gasteiger partial charge in [-0.25, -0.2) is 4.68 Å². The zero-order valence-electron chi connectivity index (χ0n) is 12.4. The van der Waals surface area contributed by atoms with E-state index >= 15 is 0 Å². The van der Waals surface area contributed by atoms with Crippen LogP contribution in [0.15, 0.2) is 35.5 Å². The number of nitrogens with zero attached hydrogens (tertiary/aromatic N) is 4. The van der Waals surface area contributed by atoms with Crippen molar-refractivity contribution in [2.24, 2.45) is 0 Å². The van der Waals surface area contributed by atoms with Crippen molar-refractivity contribution < 1.29 is 4.74 Å². The summed E-state index contributed by atoms with van der Waals surface area (Å²) in [5.74, 6) is 1.70. The number of rotatable bonds is 9. The van der Waals surface area contributed by atoms with Crippen molar-refractivity contribution >= 4 is 11.8 Å². The normalized spacial score (nSPS) is 11.0. The largest absolute Gasteiger partial charge is 0.493 e. The van der Waals surface area contributed by atoms with Crippen molar-refractivity contribution in [3.05, 3.63) is 30.3 Å². The summed E-state index contributed by atoms with van der Waals surface area (Å²) in [7, 11) is 0. The van der Waals surface area contributed by atoms with Gasteiger partial charge in [0.05, 0.1) is 13.2 Å². The van der Waals surface area contributed by atoms with Crippen LogP contribution in [-0.4, -0.2) is 45.2 Å². The van der Waals surface area contributed by atoms with Crippen LogP contribution >= 0.6 is 11.8 Å². The van der Waals surface area contributed by atoms with E-state index in [0.29, 0.717) is 12.6 Å². The second kappa shape index (κ2) is 8.63. The third-order valence-corrected chi connectivity index (χ3v) is 3.62. The summed E-state index contributed by atoms with van der Waals surface area (Å²) < 4.78 is 7.47. The summed E-state index contributed by atoms with van der Waals surface area (Å²) in [5.41, 5.74) is 0. The zero-order valence-corrected chi connectivity index (χ0v) is 13.2. The Morgan fingerprint density at radius 1 is 1.29 bits per heavy atom. The van der Waals surface area contributed by atoms with E-state index in [1.165, 1.54) is 0 Å². The minimum Gasteiger partial charge on any atom is -0.493 e. The summed E-state index contributed by atoms with van der Waals surface area (Å²) in [4.78, 5) is 0. The fourth-order valence-corrected chi connectivity index (χ4v) is 2.43. The molecule has 1 heterocycles. The van der Waals surface area contributed by atoms with Gasteiger partial charge in [0.15, 0.2) is 0 Å². The molecule has 0 amide bonds. The molecule has 0 aliphatic heterocycles. The van der Waals surface area contributed by atoms with Crippen LogP contribution in [0.1, 0.15) is 13.8 Å². The minimum atomic E-state index is 0.469. The number of hydrogen-bond acceptors (Lipinski definition) is 6. The Labute approximate surface area is 129 Å². The second-order valence-electron chi connectivity index (χ2n) is 4.80. The standard InChI is InChI=1S/C14H21N5OS/c1-12(2)15-8-9-19-14(16-17-18-19)21-11-10-20-13-6-4-3-5-7-13/h3-7,12,15H,8-11H2,1-2H3. The fourth-order valence-electron chi connectivity index (χ4n) is 1.71. The highest BCUT2D eigenvalue weighted by Gasteiger charge is 2.06. The number of benzene rings is 1. The Morgan fingerprint density at radius 2 is 2.10 bits per heavy atom. The summed E-state index contributed by atoms with van der Waals surface area (Å²) in [6.07, 6.45) is 0. The second-order valence-corrected chi connectivity index (χ2v) is 5.87. The van der Waals surface area contributed by atoms with Gasteiger partial charge in [0.25, 0.3) is 0 Å². The summed E-state index contributed by atoms with van der Waals surface area (Å²) >= 11 is 1.61. The molecule has 21 heavy (non-hydrogen) atoms. The molecule has 7 heteroatoms. The van der Waals surface area contributed by atoms with Crippen LogP contribution in [0.25, 0.3) is 0 Å². The molecule has 0 bridgehead atoms. The molecule has 2 rings (SSSR count). The van der Waals surface area contributed by atoms with Crippen LogP contribution < -0.4 is 10.1 Å². The Bertz CT molecular complexity index is 517. The maximum atomic E-state index is 5.65. The first kappa shape index (κ1) is 15.8. The van der Waals surface area contributed by atoms with Gasteiger partial charge in [0, 0.05) is 18.3 Å². The predicted octanol–water partition coefficient (Wildman–Crippen LogP) is 1.84. The smallest absolute Gasteiger partial charge is 0.209 e. The van der Waals surface area contributed by atoms with Crippen LogP contribution in [0, 0.1) is 0 Å². The fraction of sp³-hybridized carbons (Fsp3) is 0.500. The SMILES string of the molecule is CC(C)NCCn1nnnc1SCCOc1ccccc1. The molecule has 6 nitrogen and oxygen atoms in total. The molecule has 1 aromatic heterocycles. The monoisotopic (exact) mass is 307 g/mol. The molecule has 1 aromatic carbocycles. The quantitative estimate of drug-likeness (QED) is 0.563. The van der Waals surface area contributed by atoms with E-state index in [0.717, 1.165) is 29.7 Å². The summed E-state index contributed by atoms with van der Waals surface area (Å²) in [5, 5.41) is 16.0. The molecule has 0 aliphatic carbocycles. The van der Waals surface area contributed by atoms with E-state index in [9.17, 15) is 0 Å². The number of nitrogens with one attached hydrogen (secondary N) is 1. The van der Waals surface area contributed by atoms with E-state index in [1.807, 2.05) is 35.0 Å². The van der Waals surface area contributed by atoms with Gasteiger partial charge in [-0.2, -0.15) is 0 Å². The van der Waals surface area contributed by atoms with Crippen LogP contribution in [0.3, 0.4) is 0 Å². The lowest BCUT2D eigenvalue weighted by Crippen LogP contribution is -2.27. The molecule has 0 aliphatic rings. The number of tetrazole rings is 1. The van der Waals surface area contributed by atoms with Gasteiger partial charge < -0.3 is 10.1 Å². The lowest BCUT2D eigenvalue weighted by molar-refractivity contribution is 0.343. The van der Waals surface area contributed by atoms with Crippen molar-refractivity contribution in [2.75, 3.05) is 18.9 Å². The van der Waals surface area contributed by atoms with E-state index in [1.54, 1.807) is 11.8 Å². The average molecular weight is 307 g/mol. The number of para-hydroxylation sites is 1. The van der Waals surface area contributed by atoms with Crippen LogP contribution in [0.2, 0.25) is 0 Å². The number of hydrogen-bond donors (Lipinski definition) is 1. The lowest BCUT2D eigenvalue weighted by Gasteiger charge is -2.09. The Morgan fingerprint density at radius 3 is 2.86 bits per heavy atom. The average Bonchev–Trinajstić information content (AvgIpc) is 2.92. The van der Waals surface area contributed by atoms with E-state index in [-0.39, 0.29) is 0 Å². The molecular formula is C14H21N5OS. The first-order valence-corrected chi connectivity index (χ1v) is 8.04. The van der Waals surface area contributed by atoms with Gasteiger partial charge in [0.2, 0.25) is 5.16 Å². The van der Waals surface area contributed by atoms with Crippen molar-refractivity contribution in [1.29, 1.82) is 0 Å². The Hall–Kier alpha value is -1.60. The lowest BCUT2D eigenvalue weighted by atomic mass is 10.3. The summed E-state index contributed by atoms with van der Waals surface area (Å²) in [6, 6.07) is 10.3. The highest BCUT2D eigenvalue weighted by Crippen LogP contribution is 2.14. The van der Waals surface area contributed by atoms with Crippen molar-refractivity contribution in [2.45, 2.75) is 31.6 Å². The Kier molecular flexibility index (Phi) is 6.49. The maximum absolute atomic E-state index is 5.65. The van der Waals surface area contributed by atoms with E-state index in [2.05, 4.69) is 34.7 Å². The zero-order chi connectivity index (χ0) is 14.9. The first-order valence-electron chi connectivity index (χ1n) is 7.06. The highest BCUT2D eigenvalue weighted by molar-refractivity contribution is 7.99. The van der Waals surface area contributed by atoms with Crippen LogP contribution in [0.4, 0.5) is 0 Å². The first-order chi connectivity index (χ1) is 10.3. The number of thioether (sulfide) groups is 1. The minimum absolute atomic E-state index is 0.469. The van der Waals surface area contributed by atoms with Gasteiger partial charge >= 0.3 is 0 Å². The third kappa shape index (κ3) is 5.73. The molecule has 0 spiro atoms. The Balaban J connectivity index is 1.70. The van der Waals surface area contributed by atoms with Gasteiger partial charge in [-0.3, -0.25) is 0 Å². The molecular weight excluding hydrogens is 286 g/mol. The third-order valence-electron chi connectivity index (χ3n) is 2.70. The molecule has 0 atom stereocenters. The molecule has 2 aromatic rings. The van der Waals surface area contributed by atoms with Crippen molar-refractivity contribution in [3.8, 4) is 5.75 Å². The van der Waals surface area contributed by atoms with Crippen molar-refractivity contribution in [1.82, 2.24) is 25.5 Å². The topological polar surface area (TPSA) is 64.9 Å². The van der Waals surface area contributed by atoms with Gasteiger partial charge in [0.1, 0.15) is 5.75 Å². The highest BCUT2D eigenvalue weighted by atomic mass is 32.2. The summed E-state index contributed by atoms with van der Waals surface area (Å²) in [6.45, 7) is 6.50. The van der Waals surface area contributed by atoms with Crippen LogP contribution in [0.5, 0.6) is 5.75 Å². The number of aromatic nitrogens is 4. The van der Waals surface area contributed by atoms with Gasteiger partial charge in [-0.1, -0.05) is 43.8 Å². The van der Waals surface area contributed by atoms with Gasteiger partial charge in [-0.15, -0.1) is 5.10 Å². The molecule has 0 radical (unpaired) electrons. The predicted molar refractivity (Wildman–Crippen MR) is 83.6 cm³/mol. The maximum Gasteiger partial charge on any atom is 0.209 e. The van der Waals surface area contributed by atoms with Crippen LogP contribution in [-0.2, 0) is 6.54 Å². The molecule has 0 unspecified atom stereocenters. The van der Waals surface area contributed by atoms with Gasteiger partial charge in [-0.05, 0) is 22.6 Å². The molecule has 1 N–H and O–H groups in total. The molecule has 0 fully saturated rings. The van der Waals surface area contributed by atoms with E-state index in [4.69, 9.17) is 4.74 Å². The molecule has 0 saturated carbocycles. The number of ether oxygens (including phenoxy) is 1.